The third-order valence-corrected chi connectivity index (χ3v) is 5.48. The Balaban J connectivity index is 1.79. The molecule has 0 amide bonds. The number of aliphatic carboxylic acids is 1. The predicted molar refractivity (Wildman–Crippen MR) is 80.6 cm³/mol. The van der Waals surface area contributed by atoms with Crippen LogP contribution in [0.3, 0.4) is 0 Å². The van der Waals surface area contributed by atoms with Crippen LogP contribution in [0.15, 0.2) is 0 Å². The second kappa shape index (κ2) is 6.90. The Morgan fingerprint density at radius 2 is 2.00 bits per heavy atom. The molecule has 4 heteroatoms. The third-order valence-electron chi connectivity index (χ3n) is 5.48. The van der Waals surface area contributed by atoms with Crippen molar-refractivity contribution in [1.29, 1.82) is 0 Å². The van der Waals surface area contributed by atoms with Crippen molar-refractivity contribution in [3.63, 3.8) is 0 Å². The van der Waals surface area contributed by atoms with Gasteiger partial charge < -0.3 is 15.7 Å². The maximum Gasteiger partial charge on any atom is 0.323 e. The number of carboxylic acids is 1. The van der Waals surface area contributed by atoms with Gasteiger partial charge in [0.15, 0.2) is 0 Å². The van der Waals surface area contributed by atoms with Crippen LogP contribution in [0.2, 0.25) is 0 Å². The lowest BCUT2D eigenvalue weighted by molar-refractivity contribution is -0.143. The second-order valence-corrected chi connectivity index (χ2v) is 6.71. The highest BCUT2D eigenvalue weighted by Gasteiger charge is 2.34. The summed E-state index contributed by atoms with van der Waals surface area (Å²) in [5.74, 6) is 0.0412. The highest BCUT2D eigenvalue weighted by molar-refractivity contribution is 5.78. The standard InChI is InChI=1S/C16H30N2O2/c1-2-16(17,15(19)20)10-6-12-18-11-5-9-14(18)13-7-3-4-8-13/h13-14H,2-12,17H2,1H3,(H,19,20). The van der Waals surface area contributed by atoms with Gasteiger partial charge in [-0.2, -0.15) is 0 Å². The van der Waals surface area contributed by atoms with Crippen molar-refractivity contribution < 1.29 is 9.90 Å². The minimum Gasteiger partial charge on any atom is -0.480 e. The Labute approximate surface area is 122 Å². The quantitative estimate of drug-likeness (QED) is 0.753. The summed E-state index contributed by atoms with van der Waals surface area (Å²) in [6, 6.07) is 0.760. The van der Waals surface area contributed by atoms with Crippen LogP contribution in [-0.2, 0) is 4.79 Å². The summed E-state index contributed by atoms with van der Waals surface area (Å²) in [6.45, 7) is 4.08. The van der Waals surface area contributed by atoms with E-state index in [0.717, 1.165) is 24.9 Å². The van der Waals surface area contributed by atoms with Gasteiger partial charge in [0.1, 0.15) is 5.54 Å². The molecule has 116 valence electrons. The average Bonchev–Trinajstić information content (AvgIpc) is 3.08. The van der Waals surface area contributed by atoms with Gasteiger partial charge in [-0.3, -0.25) is 4.79 Å². The molecule has 0 aromatic heterocycles. The molecule has 2 rings (SSSR count). The van der Waals surface area contributed by atoms with Crippen molar-refractivity contribution in [3.8, 4) is 0 Å². The van der Waals surface area contributed by atoms with Crippen molar-refractivity contribution in [2.75, 3.05) is 13.1 Å². The van der Waals surface area contributed by atoms with E-state index in [0.29, 0.717) is 12.8 Å². The summed E-state index contributed by atoms with van der Waals surface area (Å²) in [7, 11) is 0. The fourth-order valence-electron chi connectivity index (χ4n) is 4.04. The van der Waals surface area contributed by atoms with Crippen LogP contribution < -0.4 is 5.73 Å². The smallest absolute Gasteiger partial charge is 0.323 e. The van der Waals surface area contributed by atoms with E-state index >= 15 is 0 Å². The number of nitrogens with zero attached hydrogens (tertiary/aromatic N) is 1. The van der Waals surface area contributed by atoms with Crippen LogP contribution in [0, 0.1) is 5.92 Å². The van der Waals surface area contributed by atoms with Crippen LogP contribution in [0.25, 0.3) is 0 Å². The zero-order valence-corrected chi connectivity index (χ0v) is 12.8. The van der Waals surface area contributed by atoms with Gasteiger partial charge >= 0.3 is 5.97 Å². The van der Waals surface area contributed by atoms with Gasteiger partial charge in [-0.15, -0.1) is 0 Å². The maximum absolute atomic E-state index is 11.2. The van der Waals surface area contributed by atoms with Gasteiger partial charge in [0.2, 0.25) is 0 Å². The summed E-state index contributed by atoms with van der Waals surface area (Å²) < 4.78 is 0. The van der Waals surface area contributed by atoms with Crippen molar-refractivity contribution in [2.45, 2.75) is 76.3 Å². The van der Waals surface area contributed by atoms with Crippen molar-refractivity contribution >= 4 is 5.97 Å². The summed E-state index contributed by atoms with van der Waals surface area (Å²) in [5, 5.41) is 9.21. The Hall–Kier alpha value is -0.610. The second-order valence-electron chi connectivity index (χ2n) is 6.71. The number of hydrogen-bond acceptors (Lipinski definition) is 3. The first-order chi connectivity index (χ1) is 9.57. The topological polar surface area (TPSA) is 66.6 Å². The molecule has 3 N–H and O–H groups in total. The van der Waals surface area contributed by atoms with E-state index in [-0.39, 0.29) is 0 Å². The van der Waals surface area contributed by atoms with E-state index in [9.17, 15) is 9.90 Å². The van der Waals surface area contributed by atoms with Gasteiger partial charge in [0.05, 0.1) is 0 Å². The molecule has 0 aromatic carbocycles. The molecule has 0 bridgehead atoms. The van der Waals surface area contributed by atoms with E-state index in [2.05, 4.69) is 4.90 Å². The summed E-state index contributed by atoms with van der Waals surface area (Å²) in [4.78, 5) is 13.8. The highest BCUT2D eigenvalue weighted by Crippen LogP contribution is 2.35. The predicted octanol–water partition coefficient (Wildman–Crippen LogP) is 2.61. The third kappa shape index (κ3) is 3.53. The molecule has 2 aliphatic rings. The molecule has 4 nitrogen and oxygen atoms in total. The first-order valence-corrected chi connectivity index (χ1v) is 8.33. The Morgan fingerprint density at radius 3 is 2.60 bits per heavy atom. The molecule has 2 atom stereocenters. The normalized spacial score (nSPS) is 27.8. The molecular weight excluding hydrogens is 252 g/mol. The van der Waals surface area contributed by atoms with E-state index < -0.39 is 11.5 Å². The van der Waals surface area contributed by atoms with Crippen molar-refractivity contribution in [2.24, 2.45) is 11.7 Å². The fourth-order valence-corrected chi connectivity index (χ4v) is 4.04. The van der Waals surface area contributed by atoms with E-state index in [1.54, 1.807) is 0 Å². The Kier molecular flexibility index (Phi) is 5.44. The first-order valence-electron chi connectivity index (χ1n) is 8.33. The molecule has 1 saturated carbocycles. The molecule has 0 aromatic rings. The van der Waals surface area contributed by atoms with Gasteiger partial charge in [-0.25, -0.2) is 0 Å². The Bertz CT molecular complexity index is 328. The summed E-state index contributed by atoms with van der Waals surface area (Å²) >= 11 is 0. The SMILES string of the molecule is CCC(N)(CCCN1CCCC1C1CCCC1)C(=O)O. The van der Waals surface area contributed by atoms with Crippen LogP contribution in [-0.4, -0.2) is 40.6 Å². The molecule has 0 spiro atoms. The lowest BCUT2D eigenvalue weighted by Gasteiger charge is -2.30. The average molecular weight is 282 g/mol. The fraction of sp³-hybridized carbons (Fsp3) is 0.938. The maximum atomic E-state index is 11.2. The largest absolute Gasteiger partial charge is 0.480 e. The Morgan fingerprint density at radius 1 is 1.30 bits per heavy atom. The number of carbonyl (C=O) groups is 1. The zero-order valence-electron chi connectivity index (χ0n) is 12.8. The van der Waals surface area contributed by atoms with Gasteiger partial charge in [-0.1, -0.05) is 19.8 Å². The number of carboxylic acid groups (broad SMARTS) is 1. The highest BCUT2D eigenvalue weighted by atomic mass is 16.4. The van der Waals surface area contributed by atoms with E-state index in [4.69, 9.17) is 5.73 Å². The molecule has 2 fully saturated rings. The number of hydrogen-bond donors (Lipinski definition) is 2. The molecule has 0 radical (unpaired) electrons. The van der Waals surface area contributed by atoms with Gasteiger partial charge in [0.25, 0.3) is 0 Å². The molecule has 2 unspecified atom stereocenters. The molecule has 20 heavy (non-hydrogen) atoms. The molecular formula is C16H30N2O2. The van der Waals surface area contributed by atoms with Crippen LogP contribution >= 0.6 is 0 Å². The molecule has 1 heterocycles. The molecule has 1 aliphatic carbocycles. The van der Waals surface area contributed by atoms with Crippen LogP contribution in [0.5, 0.6) is 0 Å². The van der Waals surface area contributed by atoms with Gasteiger partial charge in [-0.05, 0) is 64.0 Å². The van der Waals surface area contributed by atoms with Crippen LogP contribution in [0.1, 0.15) is 64.7 Å². The molecule has 1 saturated heterocycles. The molecule has 1 aliphatic heterocycles. The van der Waals surface area contributed by atoms with Crippen molar-refractivity contribution in [3.05, 3.63) is 0 Å². The number of rotatable bonds is 7. The minimum atomic E-state index is -1.03. The summed E-state index contributed by atoms with van der Waals surface area (Å²) in [6.07, 6.45) is 10.2. The minimum absolute atomic E-state index is 0.508. The summed E-state index contributed by atoms with van der Waals surface area (Å²) in [5.41, 5.74) is 4.94. The van der Waals surface area contributed by atoms with Crippen LogP contribution in [0.4, 0.5) is 0 Å². The van der Waals surface area contributed by atoms with E-state index in [1.807, 2.05) is 6.92 Å². The zero-order chi connectivity index (χ0) is 14.6. The van der Waals surface area contributed by atoms with Crippen molar-refractivity contribution in [1.82, 2.24) is 4.90 Å². The lowest BCUT2D eigenvalue weighted by atomic mass is 9.91. The first kappa shape index (κ1) is 15.8. The lowest BCUT2D eigenvalue weighted by Crippen LogP contribution is -2.48. The number of nitrogens with two attached hydrogens (primary N) is 1. The number of likely N-dealkylation sites (tertiary alicyclic amines) is 1. The van der Waals surface area contributed by atoms with Gasteiger partial charge in [0, 0.05) is 6.04 Å². The monoisotopic (exact) mass is 282 g/mol. The van der Waals surface area contributed by atoms with E-state index in [1.165, 1.54) is 45.1 Å².